The second-order valence-electron chi connectivity index (χ2n) is 4.73. The molecule has 1 fully saturated rings. The fraction of sp³-hybridized carbons (Fsp3) is 0.500. The quantitative estimate of drug-likeness (QED) is 0.799. The van der Waals surface area contributed by atoms with Crippen molar-refractivity contribution < 1.29 is 14.3 Å². The van der Waals surface area contributed by atoms with Crippen LogP contribution in [0.5, 0.6) is 5.75 Å². The number of fused-ring (bicyclic) bond motifs is 3. The molecular formula is C14H17NO3. The van der Waals surface area contributed by atoms with Crippen molar-refractivity contribution >= 4 is 5.91 Å². The van der Waals surface area contributed by atoms with Gasteiger partial charge in [0.25, 0.3) is 0 Å². The van der Waals surface area contributed by atoms with Gasteiger partial charge in [-0.25, -0.2) is 0 Å². The number of carbonyl (C=O) groups is 1. The van der Waals surface area contributed by atoms with Crippen LogP contribution in [0.1, 0.15) is 25.0 Å². The van der Waals surface area contributed by atoms with Crippen LogP contribution in [-0.4, -0.2) is 36.6 Å². The predicted octanol–water partition coefficient (Wildman–Crippen LogP) is 1.76. The number of benzene rings is 1. The van der Waals surface area contributed by atoms with Crippen molar-refractivity contribution in [2.45, 2.75) is 25.5 Å². The smallest absolute Gasteiger partial charge is 0.249 e. The third-order valence-corrected chi connectivity index (χ3v) is 3.56. The number of morpholine rings is 1. The number of nitrogens with zero attached hydrogens (tertiary/aromatic N) is 1. The average molecular weight is 247 g/mol. The fourth-order valence-electron chi connectivity index (χ4n) is 2.73. The van der Waals surface area contributed by atoms with Gasteiger partial charge in [0.05, 0.1) is 6.04 Å². The summed E-state index contributed by atoms with van der Waals surface area (Å²) in [5, 5.41) is 0. The molecule has 4 nitrogen and oxygen atoms in total. The molecule has 0 N–H and O–H groups in total. The van der Waals surface area contributed by atoms with Crippen LogP contribution in [-0.2, 0) is 9.53 Å². The second kappa shape index (κ2) is 4.61. The first-order valence-electron chi connectivity index (χ1n) is 6.44. The van der Waals surface area contributed by atoms with E-state index in [1.165, 1.54) is 0 Å². The minimum absolute atomic E-state index is 0.0149. The van der Waals surface area contributed by atoms with Gasteiger partial charge >= 0.3 is 0 Å². The van der Waals surface area contributed by atoms with Crippen LogP contribution in [0, 0.1) is 0 Å². The number of carbonyl (C=O) groups excluding carboxylic acids is 1. The van der Waals surface area contributed by atoms with E-state index < -0.39 is 0 Å². The maximum Gasteiger partial charge on any atom is 0.249 e. The van der Waals surface area contributed by atoms with Gasteiger partial charge in [-0.1, -0.05) is 25.1 Å². The molecule has 1 aromatic rings. The van der Waals surface area contributed by atoms with Gasteiger partial charge in [-0.15, -0.1) is 0 Å². The van der Waals surface area contributed by atoms with E-state index in [4.69, 9.17) is 9.47 Å². The summed E-state index contributed by atoms with van der Waals surface area (Å²) in [6.45, 7) is 3.55. The number of ether oxygens (including phenoxy) is 2. The molecule has 0 radical (unpaired) electrons. The lowest BCUT2D eigenvalue weighted by atomic mass is 9.96. The lowest BCUT2D eigenvalue weighted by Crippen LogP contribution is -2.55. The highest BCUT2D eigenvalue weighted by Gasteiger charge is 2.41. The average Bonchev–Trinajstić information content (AvgIpc) is 2.41. The maximum absolute atomic E-state index is 11.9. The highest BCUT2D eigenvalue weighted by atomic mass is 16.5. The Morgan fingerprint density at radius 2 is 2.22 bits per heavy atom. The normalized spacial score (nSPS) is 26.3. The first kappa shape index (κ1) is 11.5. The third kappa shape index (κ3) is 1.77. The minimum Gasteiger partial charge on any atom is -0.491 e. The topological polar surface area (TPSA) is 38.8 Å². The van der Waals surface area contributed by atoms with E-state index >= 15 is 0 Å². The summed E-state index contributed by atoms with van der Waals surface area (Å²) in [6.07, 6.45) is 0.913. The minimum atomic E-state index is -0.0424. The third-order valence-electron chi connectivity index (χ3n) is 3.56. The SMILES string of the molecule is CCCN1C(=O)COC2c3ccccc3OCC21. The Morgan fingerprint density at radius 3 is 3.06 bits per heavy atom. The van der Waals surface area contributed by atoms with E-state index in [2.05, 4.69) is 6.92 Å². The van der Waals surface area contributed by atoms with E-state index in [0.717, 1.165) is 24.3 Å². The van der Waals surface area contributed by atoms with Crippen LogP contribution < -0.4 is 4.74 Å². The molecule has 3 rings (SSSR count). The van der Waals surface area contributed by atoms with Crippen molar-refractivity contribution in [2.75, 3.05) is 19.8 Å². The van der Waals surface area contributed by atoms with E-state index in [0.29, 0.717) is 6.61 Å². The van der Waals surface area contributed by atoms with Gasteiger partial charge in [0.15, 0.2) is 0 Å². The summed E-state index contributed by atoms with van der Waals surface area (Å²) in [6, 6.07) is 7.92. The Balaban J connectivity index is 1.92. The molecule has 2 aliphatic rings. The van der Waals surface area contributed by atoms with Gasteiger partial charge in [0.2, 0.25) is 5.91 Å². The Kier molecular flexibility index (Phi) is 2.96. The molecule has 0 saturated carbocycles. The monoisotopic (exact) mass is 247 g/mol. The van der Waals surface area contributed by atoms with Crippen LogP contribution in [0.3, 0.4) is 0 Å². The summed E-state index contributed by atoms with van der Waals surface area (Å²) in [5.41, 5.74) is 1.06. The van der Waals surface area contributed by atoms with Crippen molar-refractivity contribution in [3.63, 3.8) is 0 Å². The molecule has 1 aromatic carbocycles. The zero-order valence-corrected chi connectivity index (χ0v) is 10.5. The summed E-state index contributed by atoms with van der Waals surface area (Å²) >= 11 is 0. The molecule has 2 unspecified atom stereocenters. The Morgan fingerprint density at radius 1 is 1.39 bits per heavy atom. The number of hydrogen-bond acceptors (Lipinski definition) is 3. The van der Waals surface area contributed by atoms with Crippen molar-refractivity contribution in [1.29, 1.82) is 0 Å². The first-order chi connectivity index (χ1) is 8.81. The molecule has 2 atom stereocenters. The molecule has 0 aromatic heterocycles. The molecule has 0 spiro atoms. The lowest BCUT2D eigenvalue weighted by Gasteiger charge is -2.43. The van der Waals surface area contributed by atoms with Crippen LogP contribution in [0.4, 0.5) is 0 Å². The van der Waals surface area contributed by atoms with Crippen LogP contribution in [0.15, 0.2) is 24.3 Å². The van der Waals surface area contributed by atoms with Crippen molar-refractivity contribution in [3.05, 3.63) is 29.8 Å². The Labute approximate surface area is 106 Å². The highest BCUT2D eigenvalue weighted by Crippen LogP contribution is 2.38. The zero-order chi connectivity index (χ0) is 12.5. The molecule has 2 aliphatic heterocycles. The largest absolute Gasteiger partial charge is 0.491 e. The van der Waals surface area contributed by atoms with E-state index in [1.807, 2.05) is 29.2 Å². The second-order valence-corrected chi connectivity index (χ2v) is 4.73. The van der Waals surface area contributed by atoms with Crippen molar-refractivity contribution in [1.82, 2.24) is 4.90 Å². The zero-order valence-electron chi connectivity index (χ0n) is 10.5. The Hall–Kier alpha value is -1.55. The van der Waals surface area contributed by atoms with Crippen LogP contribution in [0.2, 0.25) is 0 Å². The summed E-state index contributed by atoms with van der Waals surface area (Å²) in [4.78, 5) is 13.8. The number of para-hydroxylation sites is 1. The number of rotatable bonds is 2. The Bertz CT molecular complexity index is 460. The molecule has 0 bridgehead atoms. The van der Waals surface area contributed by atoms with Crippen LogP contribution in [0.25, 0.3) is 0 Å². The molecule has 0 aliphatic carbocycles. The van der Waals surface area contributed by atoms with Gasteiger partial charge in [-0.3, -0.25) is 4.79 Å². The van der Waals surface area contributed by atoms with E-state index in [-0.39, 0.29) is 24.7 Å². The molecule has 96 valence electrons. The van der Waals surface area contributed by atoms with Gasteiger partial charge < -0.3 is 14.4 Å². The van der Waals surface area contributed by atoms with Gasteiger partial charge in [-0.2, -0.15) is 0 Å². The molecule has 2 heterocycles. The lowest BCUT2D eigenvalue weighted by molar-refractivity contribution is -0.162. The highest BCUT2D eigenvalue weighted by molar-refractivity contribution is 5.78. The number of amides is 1. The molecule has 18 heavy (non-hydrogen) atoms. The van der Waals surface area contributed by atoms with Gasteiger partial charge in [0.1, 0.15) is 25.1 Å². The van der Waals surface area contributed by atoms with Crippen molar-refractivity contribution in [2.24, 2.45) is 0 Å². The fourth-order valence-corrected chi connectivity index (χ4v) is 2.73. The molecule has 1 amide bonds. The van der Waals surface area contributed by atoms with Gasteiger partial charge in [0, 0.05) is 12.1 Å². The van der Waals surface area contributed by atoms with Crippen LogP contribution >= 0.6 is 0 Å². The standard InChI is InChI=1S/C14H17NO3/c1-2-7-15-11-8-17-12-6-4-3-5-10(12)14(11)18-9-13(15)16/h3-6,11,14H,2,7-9H2,1H3. The molecular weight excluding hydrogens is 230 g/mol. The van der Waals surface area contributed by atoms with E-state index in [1.54, 1.807) is 0 Å². The maximum atomic E-state index is 11.9. The van der Waals surface area contributed by atoms with E-state index in [9.17, 15) is 4.79 Å². The molecule has 4 heteroatoms. The van der Waals surface area contributed by atoms with Gasteiger partial charge in [-0.05, 0) is 12.5 Å². The molecule has 1 saturated heterocycles. The summed E-state index contributed by atoms with van der Waals surface area (Å²) < 4.78 is 11.5. The summed E-state index contributed by atoms with van der Waals surface area (Å²) in [5.74, 6) is 0.950. The predicted molar refractivity (Wildman–Crippen MR) is 66.4 cm³/mol. The first-order valence-corrected chi connectivity index (χ1v) is 6.44. The van der Waals surface area contributed by atoms with Crippen molar-refractivity contribution in [3.8, 4) is 5.75 Å². The summed E-state index contributed by atoms with van der Waals surface area (Å²) in [7, 11) is 0. The number of hydrogen-bond donors (Lipinski definition) is 0.